The SMILES string of the molecule is O=C(Nc1ccn([C@@H]2O[C@H](CO)[C@@H](OC(=O)c3ccccc3)[C@@H]2OC(=O)c2ccccc2)c(=O)n1)c1ccccc1. The first kappa shape index (κ1) is 27.4. The van der Waals surface area contributed by atoms with Crippen LogP contribution in [0.5, 0.6) is 0 Å². The van der Waals surface area contributed by atoms with Gasteiger partial charge >= 0.3 is 17.6 Å². The van der Waals surface area contributed by atoms with Gasteiger partial charge in [-0.1, -0.05) is 54.6 Å². The van der Waals surface area contributed by atoms with Crippen LogP contribution >= 0.6 is 0 Å². The van der Waals surface area contributed by atoms with Crippen molar-refractivity contribution < 1.29 is 33.7 Å². The van der Waals surface area contributed by atoms with Crippen LogP contribution in [0, 0.1) is 0 Å². The second kappa shape index (κ2) is 12.4. The number of hydrogen-bond donors (Lipinski definition) is 2. The number of aliphatic hydroxyl groups is 1. The van der Waals surface area contributed by atoms with Crippen LogP contribution < -0.4 is 11.0 Å². The number of hydrogen-bond acceptors (Lipinski definition) is 9. The van der Waals surface area contributed by atoms with E-state index in [1.54, 1.807) is 91.0 Å². The molecule has 1 aromatic heterocycles. The summed E-state index contributed by atoms with van der Waals surface area (Å²) in [5.74, 6) is -1.96. The number of anilines is 1. The van der Waals surface area contributed by atoms with Crippen molar-refractivity contribution in [3.05, 3.63) is 130 Å². The van der Waals surface area contributed by atoms with Crippen LogP contribution in [0.3, 0.4) is 0 Å². The standard InChI is InChI=1S/C30H25N3O8/c34-18-22-24(40-28(36)20-12-6-2-7-13-20)25(41-29(37)21-14-8-3-9-15-21)27(39-22)33-17-16-23(32-30(33)38)31-26(35)19-10-4-1-5-11-19/h1-17,22,24-25,27,34H,18H2,(H,31,32,35,38)/t22-,24-,25+,27-/m1/s1. The molecule has 0 saturated carbocycles. The predicted octanol–water partition coefficient (Wildman–Crippen LogP) is 2.84. The summed E-state index contributed by atoms with van der Waals surface area (Å²) in [4.78, 5) is 55.5. The molecule has 208 valence electrons. The molecule has 2 N–H and O–H groups in total. The fraction of sp³-hybridized carbons (Fsp3) is 0.167. The van der Waals surface area contributed by atoms with E-state index in [1.807, 2.05) is 0 Å². The van der Waals surface area contributed by atoms with Crippen molar-refractivity contribution in [1.29, 1.82) is 0 Å². The number of aliphatic hydroxyl groups excluding tert-OH is 1. The Hall–Kier alpha value is -5.13. The number of carbonyl (C=O) groups excluding carboxylic acids is 3. The molecule has 11 nitrogen and oxygen atoms in total. The van der Waals surface area contributed by atoms with Gasteiger partial charge in [0, 0.05) is 11.8 Å². The van der Waals surface area contributed by atoms with Crippen molar-refractivity contribution in [3.8, 4) is 0 Å². The minimum absolute atomic E-state index is 0.0123. The lowest BCUT2D eigenvalue weighted by Crippen LogP contribution is -2.42. The summed E-state index contributed by atoms with van der Waals surface area (Å²) >= 11 is 0. The molecule has 0 radical (unpaired) electrons. The van der Waals surface area contributed by atoms with Crippen LogP contribution in [-0.4, -0.2) is 57.4 Å². The zero-order chi connectivity index (χ0) is 28.8. The van der Waals surface area contributed by atoms with Gasteiger partial charge in [-0.05, 0) is 42.5 Å². The zero-order valence-electron chi connectivity index (χ0n) is 21.5. The molecule has 1 aliphatic heterocycles. The topological polar surface area (TPSA) is 146 Å². The van der Waals surface area contributed by atoms with Crippen LogP contribution in [0.25, 0.3) is 0 Å². The second-order valence-corrected chi connectivity index (χ2v) is 9.04. The van der Waals surface area contributed by atoms with Gasteiger partial charge < -0.3 is 24.6 Å². The average Bonchev–Trinajstić information content (AvgIpc) is 3.34. The normalized spacial score (nSPS) is 19.7. The smallest absolute Gasteiger partial charge is 0.351 e. The van der Waals surface area contributed by atoms with Gasteiger partial charge in [0.2, 0.25) is 0 Å². The quantitative estimate of drug-likeness (QED) is 0.313. The fourth-order valence-electron chi connectivity index (χ4n) is 4.33. The number of carbonyl (C=O) groups is 3. The highest BCUT2D eigenvalue weighted by Gasteiger charge is 2.51. The number of amides is 1. The summed E-state index contributed by atoms with van der Waals surface area (Å²) in [6.45, 7) is -0.601. The van der Waals surface area contributed by atoms with E-state index in [4.69, 9.17) is 14.2 Å². The average molecular weight is 556 g/mol. The summed E-state index contributed by atoms with van der Waals surface area (Å²) in [5, 5.41) is 12.6. The number of rotatable bonds is 8. The van der Waals surface area contributed by atoms with Crippen LogP contribution in [-0.2, 0) is 14.2 Å². The Balaban J connectivity index is 1.44. The number of ether oxygens (including phenoxy) is 3. The van der Waals surface area contributed by atoms with Gasteiger partial charge in [0.1, 0.15) is 11.9 Å². The van der Waals surface area contributed by atoms with Crippen molar-refractivity contribution >= 4 is 23.7 Å². The third-order valence-corrected chi connectivity index (χ3v) is 6.35. The van der Waals surface area contributed by atoms with E-state index in [1.165, 1.54) is 12.3 Å². The van der Waals surface area contributed by atoms with Gasteiger partial charge in [-0.2, -0.15) is 4.98 Å². The highest BCUT2D eigenvalue weighted by atomic mass is 16.6. The monoisotopic (exact) mass is 555 g/mol. The highest BCUT2D eigenvalue weighted by Crippen LogP contribution is 2.34. The Labute approximate surface area is 233 Å². The first-order valence-electron chi connectivity index (χ1n) is 12.7. The lowest BCUT2D eigenvalue weighted by molar-refractivity contribution is -0.0603. The van der Waals surface area contributed by atoms with E-state index >= 15 is 0 Å². The molecule has 4 aromatic rings. The molecule has 2 heterocycles. The van der Waals surface area contributed by atoms with E-state index in [9.17, 15) is 24.3 Å². The lowest BCUT2D eigenvalue weighted by atomic mass is 10.1. The van der Waals surface area contributed by atoms with Crippen LogP contribution in [0.15, 0.2) is 108 Å². The first-order chi connectivity index (χ1) is 19.9. The Morgan fingerprint density at radius 2 is 1.29 bits per heavy atom. The summed E-state index contributed by atoms with van der Waals surface area (Å²) < 4.78 is 18.4. The molecule has 1 amide bonds. The van der Waals surface area contributed by atoms with E-state index < -0.39 is 54.7 Å². The summed E-state index contributed by atoms with van der Waals surface area (Å²) in [6, 6.07) is 26.0. The molecule has 1 aliphatic rings. The Morgan fingerprint density at radius 1 is 0.780 bits per heavy atom. The fourth-order valence-corrected chi connectivity index (χ4v) is 4.33. The molecule has 11 heteroatoms. The second-order valence-electron chi connectivity index (χ2n) is 9.04. The van der Waals surface area contributed by atoms with E-state index in [0.29, 0.717) is 5.56 Å². The van der Waals surface area contributed by atoms with Crippen molar-refractivity contribution in [2.45, 2.75) is 24.5 Å². The maximum Gasteiger partial charge on any atom is 0.351 e. The maximum absolute atomic E-state index is 13.1. The van der Waals surface area contributed by atoms with Gasteiger partial charge in [0.05, 0.1) is 17.7 Å². The molecule has 0 bridgehead atoms. The van der Waals surface area contributed by atoms with Crippen LogP contribution in [0.2, 0.25) is 0 Å². The Kier molecular flexibility index (Phi) is 8.28. The van der Waals surface area contributed by atoms with Gasteiger partial charge in [0.15, 0.2) is 18.4 Å². The molecule has 0 unspecified atom stereocenters. The molecule has 1 saturated heterocycles. The van der Waals surface area contributed by atoms with Crippen molar-refractivity contribution in [2.24, 2.45) is 0 Å². The molecule has 0 aliphatic carbocycles. The van der Waals surface area contributed by atoms with Gasteiger partial charge in [-0.15, -0.1) is 0 Å². The number of esters is 2. The predicted molar refractivity (Wildman–Crippen MR) is 145 cm³/mol. The number of nitrogens with one attached hydrogen (secondary N) is 1. The molecular weight excluding hydrogens is 530 g/mol. The number of aromatic nitrogens is 2. The molecule has 3 aromatic carbocycles. The first-order valence-corrected chi connectivity index (χ1v) is 12.7. The third kappa shape index (κ3) is 6.21. The summed E-state index contributed by atoms with van der Waals surface area (Å²) in [5.41, 5.74) is -0.0119. The van der Waals surface area contributed by atoms with Crippen molar-refractivity contribution in [2.75, 3.05) is 11.9 Å². The van der Waals surface area contributed by atoms with Crippen molar-refractivity contribution in [1.82, 2.24) is 9.55 Å². The Bertz CT molecular complexity index is 1580. The van der Waals surface area contributed by atoms with E-state index in [2.05, 4.69) is 10.3 Å². The van der Waals surface area contributed by atoms with E-state index in [-0.39, 0.29) is 16.9 Å². The largest absolute Gasteiger partial charge is 0.452 e. The molecule has 1 fully saturated rings. The van der Waals surface area contributed by atoms with Gasteiger partial charge in [0.25, 0.3) is 5.91 Å². The minimum Gasteiger partial charge on any atom is -0.452 e. The molecule has 4 atom stereocenters. The molecule has 0 spiro atoms. The Morgan fingerprint density at radius 3 is 1.80 bits per heavy atom. The molecular formula is C30H25N3O8. The van der Waals surface area contributed by atoms with E-state index in [0.717, 1.165) is 4.57 Å². The van der Waals surface area contributed by atoms with Crippen LogP contribution in [0.4, 0.5) is 5.82 Å². The third-order valence-electron chi connectivity index (χ3n) is 6.35. The number of nitrogens with zero attached hydrogens (tertiary/aromatic N) is 2. The van der Waals surface area contributed by atoms with Gasteiger partial charge in [-0.3, -0.25) is 9.36 Å². The highest BCUT2D eigenvalue weighted by molar-refractivity contribution is 6.03. The molecule has 41 heavy (non-hydrogen) atoms. The van der Waals surface area contributed by atoms with Crippen LogP contribution in [0.1, 0.15) is 37.3 Å². The summed E-state index contributed by atoms with van der Waals surface area (Å²) in [7, 11) is 0. The lowest BCUT2D eigenvalue weighted by Gasteiger charge is -2.24. The van der Waals surface area contributed by atoms with Crippen molar-refractivity contribution in [3.63, 3.8) is 0 Å². The summed E-state index contributed by atoms with van der Waals surface area (Å²) in [6.07, 6.45) is -3.75. The maximum atomic E-state index is 13.1. The molecule has 5 rings (SSSR count). The number of benzene rings is 3. The zero-order valence-corrected chi connectivity index (χ0v) is 21.5. The van der Waals surface area contributed by atoms with Gasteiger partial charge in [-0.25, -0.2) is 14.4 Å². The minimum atomic E-state index is -1.34.